The monoisotopic (exact) mass is 359 g/mol. The van der Waals surface area contributed by atoms with Gasteiger partial charge in [0.25, 0.3) is 5.91 Å². The summed E-state index contributed by atoms with van der Waals surface area (Å²) < 4.78 is 20.1. The van der Waals surface area contributed by atoms with Crippen molar-refractivity contribution in [2.45, 2.75) is 13.0 Å². The number of hydrogen-bond donors (Lipinski definition) is 0. The zero-order valence-corrected chi connectivity index (χ0v) is 14.1. The second-order valence-electron chi connectivity index (χ2n) is 5.48. The topological polar surface area (TPSA) is 95.3 Å². The molecule has 0 fully saturated rings. The molecular weight excluding hydrogens is 342 g/mol. The molecule has 1 aliphatic heterocycles. The number of amides is 1. The third kappa shape index (κ3) is 3.69. The lowest BCUT2D eigenvalue weighted by Gasteiger charge is -2.28. The van der Waals surface area contributed by atoms with Crippen LogP contribution in [0.15, 0.2) is 41.0 Å². The van der Waals surface area contributed by atoms with Crippen LogP contribution in [0.5, 0.6) is 5.75 Å². The molecule has 8 nitrogen and oxygen atoms in total. The van der Waals surface area contributed by atoms with Gasteiger partial charge in [-0.15, -0.1) is 0 Å². The summed E-state index contributed by atoms with van der Waals surface area (Å²) in [4.78, 5) is 37.1. The first-order valence-electron chi connectivity index (χ1n) is 7.92. The Labute approximate surface area is 149 Å². The van der Waals surface area contributed by atoms with Gasteiger partial charge >= 0.3 is 11.9 Å². The molecule has 1 amide bonds. The van der Waals surface area contributed by atoms with Crippen molar-refractivity contribution in [3.05, 3.63) is 47.9 Å². The van der Waals surface area contributed by atoms with Crippen LogP contribution in [0.25, 0.3) is 0 Å². The summed E-state index contributed by atoms with van der Waals surface area (Å²) in [5.74, 6) is -0.770. The molecule has 2 aromatic rings. The van der Waals surface area contributed by atoms with Gasteiger partial charge in [0.15, 0.2) is 6.61 Å². The molecule has 2 heterocycles. The Balaban J connectivity index is 1.56. The van der Waals surface area contributed by atoms with Gasteiger partial charge in [0.2, 0.25) is 5.76 Å². The number of esters is 2. The van der Waals surface area contributed by atoms with E-state index in [-0.39, 0.29) is 37.8 Å². The molecule has 0 atom stereocenters. The lowest BCUT2D eigenvalue weighted by Crippen LogP contribution is -2.40. The maximum atomic E-state index is 12.1. The normalized spacial score (nSPS) is 13.0. The fraction of sp³-hybridized carbons (Fsp3) is 0.278. The largest absolute Gasteiger partial charge is 0.482 e. The Kier molecular flexibility index (Phi) is 5.21. The molecule has 0 unspecified atom stereocenters. The van der Waals surface area contributed by atoms with E-state index in [9.17, 15) is 14.4 Å². The summed E-state index contributed by atoms with van der Waals surface area (Å²) in [6, 6.07) is 8.65. The molecule has 136 valence electrons. The standard InChI is InChI=1S/C18H17NO7/c1-23-18(22)17-12(7-9-24-17)10-26-16(21)6-8-19-13-4-2-3-5-14(13)25-11-15(19)20/h2-5,7,9H,6,8,10-11H2,1H3. The summed E-state index contributed by atoms with van der Waals surface area (Å²) in [7, 11) is 1.23. The maximum Gasteiger partial charge on any atom is 0.374 e. The molecular formula is C18H17NO7. The highest BCUT2D eigenvalue weighted by Gasteiger charge is 2.25. The van der Waals surface area contributed by atoms with E-state index >= 15 is 0 Å². The minimum Gasteiger partial charge on any atom is -0.482 e. The summed E-state index contributed by atoms with van der Waals surface area (Å²) in [6.07, 6.45) is 1.32. The number of fused-ring (bicyclic) bond motifs is 1. The summed E-state index contributed by atoms with van der Waals surface area (Å²) in [5.41, 5.74) is 1.04. The molecule has 1 aliphatic rings. The lowest BCUT2D eigenvalue weighted by atomic mass is 10.2. The van der Waals surface area contributed by atoms with Gasteiger partial charge in [-0.25, -0.2) is 4.79 Å². The van der Waals surface area contributed by atoms with E-state index in [2.05, 4.69) is 4.74 Å². The summed E-state index contributed by atoms with van der Waals surface area (Å²) >= 11 is 0. The average molecular weight is 359 g/mol. The quantitative estimate of drug-likeness (QED) is 0.727. The zero-order valence-electron chi connectivity index (χ0n) is 14.1. The van der Waals surface area contributed by atoms with Crippen molar-refractivity contribution in [1.29, 1.82) is 0 Å². The number of carbonyl (C=O) groups excluding carboxylic acids is 3. The molecule has 3 rings (SSSR count). The van der Waals surface area contributed by atoms with E-state index in [1.54, 1.807) is 18.2 Å². The number of hydrogen-bond acceptors (Lipinski definition) is 7. The van der Waals surface area contributed by atoms with Gasteiger partial charge in [-0.2, -0.15) is 0 Å². The number of nitrogens with zero attached hydrogens (tertiary/aromatic N) is 1. The van der Waals surface area contributed by atoms with Gasteiger partial charge in [-0.3, -0.25) is 9.59 Å². The van der Waals surface area contributed by atoms with Crippen LogP contribution in [0.2, 0.25) is 0 Å². The fourth-order valence-corrected chi connectivity index (χ4v) is 2.55. The van der Waals surface area contributed by atoms with Gasteiger partial charge in [-0.05, 0) is 18.2 Å². The van der Waals surface area contributed by atoms with E-state index in [1.165, 1.54) is 24.3 Å². The van der Waals surface area contributed by atoms with Gasteiger partial charge in [-0.1, -0.05) is 12.1 Å². The van der Waals surface area contributed by atoms with Crippen molar-refractivity contribution >= 4 is 23.5 Å². The highest BCUT2D eigenvalue weighted by molar-refractivity contribution is 5.98. The predicted molar refractivity (Wildman–Crippen MR) is 88.8 cm³/mol. The number of carbonyl (C=O) groups is 3. The first kappa shape index (κ1) is 17.5. The summed E-state index contributed by atoms with van der Waals surface area (Å²) in [6.45, 7) is -0.00966. The molecule has 0 bridgehead atoms. The smallest absolute Gasteiger partial charge is 0.374 e. The van der Waals surface area contributed by atoms with Crippen LogP contribution in [0.3, 0.4) is 0 Å². The molecule has 0 aliphatic carbocycles. The number of ether oxygens (including phenoxy) is 3. The molecule has 0 spiro atoms. The van der Waals surface area contributed by atoms with Gasteiger partial charge in [0, 0.05) is 12.1 Å². The highest BCUT2D eigenvalue weighted by atomic mass is 16.5. The van der Waals surface area contributed by atoms with Gasteiger partial charge < -0.3 is 23.5 Å². The molecule has 1 aromatic heterocycles. The molecule has 0 radical (unpaired) electrons. The Morgan fingerprint density at radius 3 is 2.85 bits per heavy atom. The van der Waals surface area contributed by atoms with Crippen LogP contribution < -0.4 is 9.64 Å². The number of anilines is 1. The van der Waals surface area contributed by atoms with Crippen molar-refractivity contribution in [3.63, 3.8) is 0 Å². The molecule has 0 saturated carbocycles. The molecule has 0 N–H and O–H groups in total. The Hall–Kier alpha value is -3.29. The maximum absolute atomic E-state index is 12.1. The second-order valence-corrected chi connectivity index (χ2v) is 5.48. The molecule has 0 saturated heterocycles. The number of furan rings is 1. The van der Waals surface area contributed by atoms with Crippen LogP contribution in [-0.2, 0) is 25.7 Å². The van der Waals surface area contributed by atoms with Crippen molar-refractivity contribution in [2.24, 2.45) is 0 Å². The Bertz CT molecular complexity index is 826. The number of para-hydroxylation sites is 2. The van der Waals surface area contributed by atoms with Crippen LogP contribution in [0.1, 0.15) is 22.5 Å². The minimum absolute atomic E-state index is 0.00224. The molecule has 26 heavy (non-hydrogen) atoms. The Morgan fingerprint density at radius 2 is 2.04 bits per heavy atom. The number of methoxy groups -OCH3 is 1. The first-order valence-corrected chi connectivity index (χ1v) is 7.92. The zero-order chi connectivity index (χ0) is 18.5. The van der Waals surface area contributed by atoms with E-state index < -0.39 is 11.9 Å². The number of benzene rings is 1. The minimum atomic E-state index is -0.642. The van der Waals surface area contributed by atoms with E-state index in [1.807, 2.05) is 6.07 Å². The van der Waals surface area contributed by atoms with Gasteiger partial charge in [0.1, 0.15) is 12.4 Å². The van der Waals surface area contributed by atoms with Crippen LogP contribution in [-0.4, -0.2) is 38.1 Å². The van der Waals surface area contributed by atoms with Crippen molar-refractivity contribution < 1.29 is 33.0 Å². The van der Waals surface area contributed by atoms with Crippen LogP contribution in [0, 0.1) is 0 Å². The first-order chi connectivity index (χ1) is 12.6. The molecule has 1 aromatic carbocycles. The predicted octanol–water partition coefficient (Wildman–Crippen LogP) is 1.93. The summed E-state index contributed by atoms with van der Waals surface area (Å²) in [5, 5.41) is 0. The highest BCUT2D eigenvalue weighted by Crippen LogP contribution is 2.31. The SMILES string of the molecule is COC(=O)c1occc1COC(=O)CCN1C(=O)COc2ccccc21. The third-order valence-electron chi connectivity index (χ3n) is 3.85. The second kappa shape index (κ2) is 7.73. The third-order valence-corrected chi connectivity index (χ3v) is 3.85. The van der Waals surface area contributed by atoms with Crippen molar-refractivity contribution in [1.82, 2.24) is 0 Å². The van der Waals surface area contributed by atoms with Crippen LogP contribution in [0.4, 0.5) is 5.69 Å². The lowest BCUT2D eigenvalue weighted by molar-refractivity contribution is -0.144. The van der Waals surface area contributed by atoms with Crippen LogP contribution >= 0.6 is 0 Å². The number of rotatable bonds is 6. The average Bonchev–Trinajstić information content (AvgIpc) is 3.13. The Morgan fingerprint density at radius 1 is 1.23 bits per heavy atom. The van der Waals surface area contributed by atoms with Crippen molar-refractivity contribution in [3.8, 4) is 5.75 Å². The molecule has 8 heteroatoms. The fourth-order valence-electron chi connectivity index (χ4n) is 2.55. The van der Waals surface area contributed by atoms with Crippen molar-refractivity contribution in [2.75, 3.05) is 25.2 Å². The van der Waals surface area contributed by atoms with E-state index in [0.29, 0.717) is 17.0 Å². The van der Waals surface area contributed by atoms with E-state index in [0.717, 1.165) is 0 Å². The van der Waals surface area contributed by atoms with E-state index in [4.69, 9.17) is 13.9 Å². The van der Waals surface area contributed by atoms with Gasteiger partial charge in [0.05, 0.1) is 25.5 Å².